The lowest BCUT2D eigenvalue weighted by Gasteiger charge is -2.08. The van der Waals surface area contributed by atoms with Gasteiger partial charge in [-0.25, -0.2) is 8.78 Å². The second-order valence-electron chi connectivity index (χ2n) is 3.58. The van der Waals surface area contributed by atoms with Gasteiger partial charge in [0.1, 0.15) is 17.4 Å². The van der Waals surface area contributed by atoms with E-state index in [1.807, 2.05) is 0 Å². The van der Waals surface area contributed by atoms with E-state index in [-0.39, 0.29) is 17.1 Å². The Balaban J connectivity index is 2.63. The van der Waals surface area contributed by atoms with Crippen LogP contribution < -0.4 is 0 Å². The van der Waals surface area contributed by atoms with Gasteiger partial charge < -0.3 is 5.11 Å². The molecule has 2 aromatic carbocycles. The summed E-state index contributed by atoms with van der Waals surface area (Å²) in [5.41, 5.74) is 1.18. The largest absolute Gasteiger partial charge is 0.508 e. The fourth-order valence-electron chi connectivity index (χ4n) is 1.62. The predicted molar refractivity (Wildman–Crippen MR) is 58.2 cm³/mol. The maximum atomic E-state index is 13.6. The molecule has 0 aromatic heterocycles. The Morgan fingerprint density at radius 3 is 2.38 bits per heavy atom. The summed E-state index contributed by atoms with van der Waals surface area (Å²) in [6.07, 6.45) is 0. The van der Waals surface area contributed by atoms with E-state index in [1.165, 1.54) is 24.3 Å². The summed E-state index contributed by atoms with van der Waals surface area (Å²) in [6, 6.07) is 8.34. The summed E-state index contributed by atoms with van der Waals surface area (Å²) >= 11 is 0. The van der Waals surface area contributed by atoms with E-state index in [4.69, 9.17) is 5.11 Å². The smallest absolute Gasteiger partial charge is 0.134 e. The third-order valence-electron chi connectivity index (χ3n) is 2.51. The van der Waals surface area contributed by atoms with Gasteiger partial charge in [-0.2, -0.15) is 0 Å². The van der Waals surface area contributed by atoms with Crippen LogP contribution in [0.25, 0.3) is 11.1 Å². The normalized spacial score (nSPS) is 10.4. The van der Waals surface area contributed by atoms with E-state index in [0.29, 0.717) is 11.1 Å². The Morgan fingerprint density at radius 1 is 0.938 bits per heavy atom. The van der Waals surface area contributed by atoms with Crippen LogP contribution in [0.15, 0.2) is 36.4 Å². The Bertz CT molecular complexity index is 535. The molecular formula is C13H10F2O. The zero-order chi connectivity index (χ0) is 11.7. The van der Waals surface area contributed by atoms with Gasteiger partial charge in [-0.1, -0.05) is 12.1 Å². The summed E-state index contributed by atoms with van der Waals surface area (Å²) < 4.78 is 26.9. The summed E-state index contributed by atoms with van der Waals surface area (Å²) in [5, 5.41) is 9.09. The van der Waals surface area contributed by atoms with Gasteiger partial charge in [-0.15, -0.1) is 0 Å². The van der Waals surface area contributed by atoms with Crippen molar-refractivity contribution in [2.45, 2.75) is 6.92 Å². The van der Waals surface area contributed by atoms with Gasteiger partial charge in [0.15, 0.2) is 0 Å². The van der Waals surface area contributed by atoms with Crippen molar-refractivity contribution in [1.29, 1.82) is 0 Å². The highest BCUT2D eigenvalue weighted by atomic mass is 19.1. The Hall–Kier alpha value is -1.90. The molecule has 1 nitrogen and oxygen atoms in total. The fraction of sp³-hybridized carbons (Fsp3) is 0.0769. The van der Waals surface area contributed by atoms with Gasteiger partial charge in [0.05, 0.1) is 0 Å². The van der Waals surface area contributed by atoms with E-state index in [0.717, 1.165) is 6.07 Å². The standard InChI is InChI=1S/C13H10F2O/c1-8-10(3-2-4-12(8)14)11-6-5-9(16)7-13(11)15/h2-7,16H,1H3. The van der Waals surface area contributed by atoms with Crippen LogP contribution in [0.4, 0.5) is 8.78 Å². The minimum atomic E-state index is -0.561. The molecule has 0 amide bonds. The van der Waals surface area contributed by atoms with E-state index >= 15 is 0 Å². The van der Waals surface area contributed by atoms with Gasteiger partial charge in [-0.05, 0) is 36.2 Å². The molecule has 2 rings (SSSR count). The molecule has 2 aromatic rings. The molecule has 0 atom stereocenters. The van der Waals surface area contributed by atoms with Crippen molar-refractivity contribution in [3.8, 4) is 16.9 Å². The molecule has 0 fully saturated rings. The second-order valence-corrected chi connectivity index (χ2v) is 3.58. The van der Waals surface area contributed by atoms with Crippen molar-refractivity contribution < 1.29 is 13.9 Å². The average Bonchev–Trinajstić information content (AvgIpc) is 2.23. The van der Waals surface area contributed by atoms with Crippen LogP contribution in [0.3, 0.4) is 0 Å². The van der Waals surface area contributed by atoms with Gasteiger partial charge >= 0.3 is 0 Å². The average molecular weight is 220 g/mol. The van der Waals surface area contributed by atoms with E-state index in [9.17, 15) is 8.78 Å². The number of halogens is 2. The first-order valence-electron chi connectivity index (χ1n) is 4.83. The molecule has 0 aliphatic carbocycles. The third-order valence-corrected chi connectivity index (χ3v) is 2.51. The molecule has 0 saturated heterocycles. The van der Waals surface area contributed by atoms with Crippen LogP contribution >= 0.6 is 0 Å². The van der Waals surface area contributed by atoms with Gasteiger partial charge in [-0.3, -0.25) is 0 Å². The first-order chi connectivity index (χ1) is 7.59. The summed E-state index contributed by atoms with van der Waals surface area (Å²) in [5.74, 6) is -1.08. The molecule has 0 spiro atoms. The van der Waals surface area contributed by atoms with Crippen LogP contribution in [0.1, 0.15) is 5.56 Å². The number of aromatic hydroxyl groups is 1. The molecule has 16 heavy (non-hydrogen) atoms. The molecule has 1 N–H and O–H groups in total. The van der Waals surface area contributed by atoms with Gasteiger partial charge in [0.25, 0.3) is 0 Å². The predicted octanol–water partition coefficient (Wildman–Crippen LogP) is 3.65. The zero-order valence-corrected chi connectivity index (χ0v) is 8.67. The number of hydrogen-bond acceptors (Lipinski definition) is 1. The lowest BCUT2D eigenvalue weighted by molar-refractivity contribution is 0.469. The Morgan fingerprint density at radius 2 is 1.69 bits per heavy atom. The van der Waals surface area contributed by atoms with Crippen LogP contribution in [-0.4, -0.2) is 5.11 Å². The second kappa shape index (κ2) is 3.93. The summed E-state index contributed by atoms with van der Waals surface area (Å²) in [7, 11) is 0. The molecule has 0 aliphatic rings. The van der Waals surface area contributed by atoms with Gasteiger partial charge in [0.2, 0.25) is 0 Å². The van der Waals surface area contributed by atoms with Crippen molar-refractivity contribution in [3.05, 3.63) is 53.6 Å². The maximum absolute atomic E-state index is 13.6. The monoisotopic (exact) mass is 220 g/mol. The fourth-order valence-corrected chi connectivity index (χ4v) is 1.62. The SMILES string of the molecule is Cc1c(F)cccc1-c1ccc(O)cc1F. The highest BCUT2D eigenvalue weighted by Crippen LogP contribution is 2.29. The minimum Gasteiger partial charge on any atom is -0.508 e. The summed E-state index contributed by atoms with van der Waals surface area (Å²) in [4.78, 5) is 0. The van der Waals surface area contributed by atoms with Crippen molar-refractivity contribution in [2.75, 3.05) is 0 Å². The lowest BCUT2D eigenvalue weighted by atomic mass is 10.00. The lowest BCUT2D eigenvalue weighted by Crippen LogP contribution is -1.90. The van der Waals surface area contributed by atoms with Gasteiger partial charge in [0, 0.05) is 11.6 Å². The number of phenolic OH excluding ortho intramolecular Hbond substituents is 1. The van der Waals surface area contributed by atoms with Crippen molar-refractivity contribution in [3.63, 3.8) is 0 Å². The highest BCUT2D eigenvalue weighted by molar-refractivity contribution is 5.68. The van der Waals surface area contributed by atoms with E-state index in [2.05, 4.69) is 0 Å². The Kier molecular flexibility index (Phi) is 2.60. The van der Waals surface area contributed by atoms with Crippen LogP contribution in [-0.2, 0) is 0 Å². The molecule has 0 radical (unpaired) electrons. The number of rotatable bonds is 1. The molecule has 0 saturated carbocycles. The van der Waals surface area contributed by atoms with E-state index in [1.54, 1.807) is 13.0 Å². The summed E-state index contributed by atoms with van der Waals surface area (Å²) in [6.45, 7) is 1.59. The molecule has 0 bridgehead atoms. The van der Waals surface area contributed by atoms with E-state index < -0.39 is 5.82 Å². The first kappa shape index (κ1) is 10.6. The number of phenols is 1. The van der Waals surface area contributed by atoms with Crippen LogP contribution in [0, 0.1) is 18.6 Å². The first-order valence-corrected chi connectivity index (χ1v) is 4.83. The Labute approximate surface area is 92.0 Å². The molecule has 0 unspecified atom stereocenters. The molecular weight excluding hydrogens is 210 g/mol. The molecule has 0 aliphatic heterocycles. The van der Waals surface area contributed by atoms with Crippen LogP contribution in [0.2, 0.25) is 0 Å². The van der Waals surface area contributed by atoms with Crippen LogP contribution in [0.5, 0.6) is 5.75 Å². The maximum Gasteiger partial charge on any atom is 0.134 e. The third kappa shape index (κ3) is 1.76. The van der Waals surface area contributed by atoms with Crippen molar-refractivity contribution in [2.24, 2.45) is 0 Å². The molecule has 3 heteroatoms. The number of hydrogen-bond donors (Lipinski definition) is 1. The molecule has 0 heterocycles. The minimum absolute atomic E-state index is 0.143. The quantitative estimate of drug-likeness (QED) is 0.777. The zero-order valence-electron chi connectivity index (χ0n) is 8.67. The topological polar surface area (TPSA) is 20.2 Å². The molecule has 82 valence electrons. The van der Waals surface area contributed by atoms with Crippen molar-refractivity contribution >= 4 is 0 Å². The number of benzene rings is 2. The highest BCUT2D eigenvalue weighted by Gasteiger charge is 2.10. The van der Waals surface area contributed by atoms with Crippen molar-refractivity contribution in [1.82, 2.24) is 0 Å².